The highest BCUT2D eigenvalue weighted by molar-refractivity contribution is 14.1. The monoisotopic (exact) mass is 284 g/mol. The van der Waals surface area contributed by atoms with Crippen molar-refractivity contribution >= 4 is 32.2 Å². The van der Waals surface area contributed by atoms with Gasteiger partial charge in [0.05, 0.1) is 0 Å². The van der Waals surface area contributed by atoms with Gasteiger partial charge in [-0.05, 0) is 53.1 Å². The molecule has 0 saturated heterocycles. The maximum absolute atomic E-state index is 3.96. The fourth-order valence-corrected chi connectivity index (χ4v) is 1.78. The van der Waals surface area contributed by atoms with Crippen molar-refractivity contribution in [1.29, 1.82) is 0 Å². The van der Waals surface area contributed by atoms with E-state index in [1.807, 2.05) is 6.92 Å². The Labute approximate surface area is 93.5 Å². The van der Waals surface area contributed by atoms with E-state index in [4.69, 9.17) is 0 Å². The number of rotatable bonds is 2. The summed E-state index contributed by atoms with van der Waals surface area (Å²) in [6.07, 6.45) is 4.19. The summed E-state index contributed by atoms with van der Waals surface area (Å²) in [5.74, 6) is 0. The fraction of sp³-hybridized carbons (Fsp3) is 0.167. The zero-order valence-corrected chi connectivity index (χ0v) is 10.1. The predicted molar refractivity (Wildman–Crippen MR) is 68.9 cm³/mol. The van der Waals surface area contributed by atoms with Gasteiger partial charge >= 0.3 is 0 Å². The molecular formula is C12H13I. The first kappa shape index (κ1) is 10.5. The first-order valence-corrected chi connectivity index (χ1v) is 5.31. The molecule has 1 heteroatoms. The van der Waals surface area contributed by atoms with Crippen molar-refractivity contribution in [2.24, 2.45) is 0 Å². The van der Waals surface area contributed by atoms with Crippen LogP contribution in [0.2, 0.25) is 0 Å². The number of halogens is 1. The summed E-state index contributed by atoms with van der Waals surface area (Å²) in [6, 6.07) is 6.30. The van der Waals surface area contributed by atoms with Gasteiger partial charge in [-0.2, -0.15) is 0 Å². The lowest BCUT2D eigenvalue weighted by molar-refractivity contribution is 1.42. The molecule has 0 fully saturated rings. The maximum atomic E-state index is 3.96. The van der Waals surface area contributed by atoms with Gasteiger partial charge in [0.2, 0.25) is 0 Å². The molecule has 13 heavy (non-hydrogen) atoms. The minimum absolute atomic E-state index is 1.09. The van der Waals surface area contributed by atoms with Gasteiger partial charge in [0.1, 0.15) is 0 Å². The lowest BCUT2D eigenvalue weighted by Gasteiger charge is -2.07. The molecule has 0 aliphatic heterocycles. The lowest BCUT2D eigenvalue weighted by Crippen LogP contribution is -1.86. The van der Waals surface area contributed by atoms with E-state index in [2.05, 4.69) is 66.4 Å². The molecule has 0 aliphatic carbocycles. The second kappa shape index (κ2) is 4.61. The van der Waals surface area contributed by atoms with Crippen molar-refractivity contribution < 1.29 is 0 Å². The molecule has 0 bridgehead atoms. The fourth-order valence-electron chi connectivity index (χ4n) is 1.31. The number of hydrogen-bond acceptors (Lipinski definition) is 0. The Hall–Kier alpha value is -0.570. The Kier molecular flexibility index (Phi) is 3.72. The van der Waals surface area contributed by atoms with Crippen LogP contribution in [0.25, 0.3) is 9.66 Å². The molecule has 0 spiro atoms. The van der Waals surface area contributed by atoms with Gasteiger partial charge in [-0.25, -0.2) is 0 Å². The molecule has 0 heterocycles. The summed E-state index contributed by atoms with van der Waals surface area (Å²) in [7, 11) is 0. The maximum Gasteiger partial charge on any atom is 0.0137 e. The third-order valence-electron chi connectivity index (χ3n) is 1.95. The predicted octanol–water partition coefficient (Wildman–Crippen LogP) is 4.43. The Balaban J connectivity index is 3.33. The molecule has 0 aromatic heterocycles. The molecule has 0 unspecified atom stereocenters. The van der Waals surface area contributed by atoms with Gasteiger partial charge in [-0.15, -0.1) is 0 Å². The van der Waals surface area contributed by atoms with Crippen LogP contribution in [0.5, 0.6) is 0 Å². The number of benzene rings is 1. The molecule has 0 nitrogen and oxygen atoms in total. The van der Waals surface area contributed by atoms with Crippen LogP contribution in [0, 0.1) is 6.92 Å². The molecule has 1 aromatic rings. The molecule has 0 atom stereocenters. The van der Waals surface area contributed by atoms with Crippen molar-refractivity contribution in [3.8, 4) is 0 Å². The molecule has 1 aromatic carbocycles. The summed E-state index contributed by atoms with van der Waals surface area (Å²) < 4.78 is 1.09. The van der Waals surface area contributed by atoms with Crippen molar-refractivity contribution in [2.75, 3.05) is 0 Å². The highest BCUT2D eigenvalue weighted by Crippen LogP contribution is 2.26. The largest absolute Gasteiger partial charge is 0.0870 e. The second-order valence-corrected chi connectivity index (χ2v) is 4.24. The van der Waals surface area contributed by atoms with Crippen LogP contribution in [-0.2, 0) is 0 Å². The Bertz CT molecular complexity index is 348. The molecule has 1 rings (SSSR count). The van der Waals surface area contributed by atoms with E-state index in [-0.39, 0.29) is 0 Å². The van der Waals surface area contributed by atoms with Crippen molar-refractivity contribution in [1.82, 2.24) is 0 Å². The van der Waals surface area contributed by atoms with Gasteiger partial charge < -0.3 is 0 Å². The molecule has 0 aliphatic rings. The molecule has 0 radical (unpaired) electrons. The molecule has 0 amide bonds. The first-order chi connectivity index (χ1) is 6.16. The topological polar surface area (TPSA) is 0 Å². The van der Waals surface area contributed by atoms with Crippen LogP contribution >= 0.6 is 22.6 Å². The van der Waals surface area contributed by atoms with Crippen LogP contribution in [0.15, 0.2) is 30.9 Å². The van der Waals surface area contributed by atoms with Gasteiger partial charge in [0, 0.05) is 3.58 Å². The summed E-state index contributed by atoms with van der Waals surface area (Å²) in [6.45, 7) is 8.12. The van der Waals surface area contributed by atoms with Crippen molar-refractivity contribution in [2.45, 2.75) is 13.8 Å². The third-order valence-corrected chi connectivity index (χ3v) is 2.53. The van der Waals surface area contributed by atoms with Gasteiger partial charge in [-0.1, -0.05) is 36.9 Å². The van der Waals surface area contributed by atoms with Gasteiger partial charge in [-0.3, -0.25) is 0 Å². The van der Waals surface area contributed by atoms with Gasteiger partial charge in [0.15, 0.2) is 0 Å². The molecule has 68 valence electrons. The summed E-state index contributed by atoms with van der Waals surface area (Å²) >= 11 is 2.26. The van der Waals surface area contributed by atoms with E-state index < -0.39 is 0 Å². The highest BCUT2D eigenvalue weighted by Gasteiger charge is 2.02. The van der Waals surface area contributed by atoms with E-state index in [0.717, 1.165) is 3.58 Å². The van der Waals surface area contributed by atoms with Crippen LogP contribution in [0.4, 0.5) is 0 Å². The zero-order valence-electron chi connectivity index (χ0n) is 7.97. The molecular weight excluding hydrogens is 271 g/mol. The zero-order chi connectivity index (χ0) is 9.84. The van der Waals surface area contributed by atoms with E-state index in [9.17, 15) is 0 Å². The third kappa shape index (κ3) is 2.44. The quantitative estimate of drug-likeness (QED) is 0.704. The Morgan fingerprint density at radius 1 is 1.46 bits per heavy atom. The van der Waals surface area contributed by atoms with Gasteiger partial charge in [0.25, 0.3) is 0 Å². The van der Waals surface area contributed by atoms with E-state index in [0.29, 0.717) is 0 Å². The highest BCUT2D eigenvalue weighted by atomic mass is 127. The standard InChI is InChI=1S/C12H13I/c1-4-6-11-9(2)7-5-8-12(11)10(3)13/h4-8H,3H2,1-2H3/b6-4-. The Morgan fingerprint density at radius 3 is 2.69 bits per heavy atom. The summed E-state index contributed by atoms with van der Waals surface area (Å²) in [4.78, 5) is 0. The number of allylic oxidation sites excluding steroid dienone is 1. The van der Waals surface area contributed by atoms with E-state index in [1.54, 1.807) is 0 Å². The average molecular weight is 284 g/mol. The van der Waals surface area contributed by atoms with Crippen LogP contribution in [0.1, 0.15) is 23.6 Å². The normalized spacial score (nSPS) is 10.7. The minimum atomic E-state index is 1.09. The van der Waals surface area contributed by atoms with E-state index >= 15 is 0 Å². The second-order valence-electron chi connectivity index (χ2n) is 2.94. The molecule has 0 N–H and O–H groups in total. The summed E-state index contributed by atoms with van der Waals surface area (Å²) in [5.41, 5.74) is 3.82. The van der Waals surface area contributed by atoms with Crippen molar-refractivity contribution in [3.05, 3.63) is 47.5 Å². The minimum Gasteiger partial charge on any atom is -0.0870 e. The van der Waals surface area contributed by atoms with Crippen LogP contribution in [0.3, 0.4) is 0 Å². The number of aryl methyl sites for hydroxylation is 1. The van der Waals surface area contributed by atoms with Crippen LogP contribution < -0.4 is 0 Å². The van der Waals surface area contributed by atoms with E-state index in [1.165, 1.54) is 16.7 Å². The smallest absolute Gasteiger partial charge is 0.0137 e. The average Bonchev–Trinajstić information content (AvgIpc) is 2.08. The molecule has 0 saturated carbocycles. The first-order valence-electron chi connectivity index (χ1n) is 4.24. The lowest BCUT2D eigenvalue weighted by atomic mass is 10.0. The SMILES string of the molecule is C=C(I)c1cccc(C)c1/C=C\C. The van der Waals surface area contributed by atoms with Crippen molar-refractivity contribution in [3.63, 3.8) is 0 Å². The Morgan fingerprint density at radius 2 is 2.15 bits per heavy atom. The summed E-state index contributed by atoms with van der Waals surface area (Å²) in [5, 5.41) is 0. The number of hydrogen-bond donors (Lipinski definition) is 0. The van der Waals surface area contributed by atoms with Crippen LogP contribution in [-0.4, -0.2) is 0 Å².